The van der Waals surface area contributed by atoms with E-state index >= 15 is 0 Å². The van der Waals surface area contributed by atoms with E-state index in [2.05, 4.69) is 13.2 Å². The molecular formula is C27H31FO7. The lowest BCUT2D eigenvalue weighted by atomic mass is 9.99. The number of hydrogen-bond donors (Lipinski definition) is 1. The van der Waals surface area contributed by atoms with Crippen molar-refractivity contribution in [2.75, 3.05) is 33.0 Å². The number of halogens is 1. The summed E-state index contributed by atoms with van der Waals surface area (Å²) in [6, 6.07) is 9.61. The summed E-state index contributed by atoms with van der Waals surface area (Å²) in [5.74, 6) is -0.671. The fraction of sp³-hybridized carbons (Fsp3) is 0.333. The molecule has 0 radical (unpaired) electrons. The number of rotatable bonds is 14. The van der Waals surface area contributed by atoms with Crippen LogP contribution in [0.3, 0.4) is 0 Å². The summed E-state index contributed by atoms with van der Waals surface area (Å²) >= 11 is 0. The fourth-order valence-electron chi connectivity index (χ4n) is 3.03. The van der Waals surface area contributed by atoms with Gasteiger partial charge in [-0.05, 0) is 50.5 Å². The molecule has 0 heterocycles. The van der Waals surface area contributed by atoms with Gasteiger partial charge in [0.15, 0.2) is 0 Å². The molecule has 0 amide bonds. The molecule has 0 bridgehead atoms. The molecule has 1 N–H and O–H groups in total. The number of hydrogen-bond acceptors (Lipinski definition) is 7. The average Bonchev–Trinajstić information content (AvgIpc) is 2.83. The van der Waals surface area contributed by atoms with E-state index in [0.717, 1.165) is 5.56 Å². The Labute approximate surface area is 204 Å². The first-order valence-electron chi connectivity index (χ1n) is 11.2. The topological polar surface area (TPSA) is 91.3 Å². The first kappa shape index (κ1) is 27.6. The fourth-order valence-corrected chi connectivity index (χ4v) is 3.03. The van der Waals surface area contributed by atoms with Crippen molar-refractivity contribution in [2.24, 2.45) is 0 Å². The Kier molecular flexibility index (Phi) is 11.0. The third kappa shape index (κ3) is 8.57. The molecule has 8 heteroatoms. The van der Waals surface area contributed by atoms with Crippen molar-refractivity contribution in [3.05, 3.63) is 72.1 Å². The monoisotopic (exact) mass is 486 g/mol. The number of aryl methyl sites for hydroxylation is 1. The summed E-state index contributed by atoms with van der Waals surface area (Å²) in [5.41, 5.74) is 2.02. The van der Waals surface area contributed by atoms with Gasteiger partial charge in [0.1, 0.15) is 43.7 Å². The molecule has 2 aromatic carbocycles. The van der Waals surface area contributed by atoms with Crippen molar-refractivity contribution in [3.8, 4) is 22.6 Å². The molecule has 0 fully saturated rings. The zero-order valence-corrected chi connectivity index (χ0v) is 20.1. The summed E-state index contributed by atoms with van der Waals surface area (Å²) in [4.78, 5) is 23.2. The first-order valence-corrected chi connectivity index (χ1v) is 11.2. The molecule has 0 aliphatic rings. The van der Waals surface area contributed by atoms with Crippen molar-refractivity contribution < 1.29 is 38.0 Å². The van der Waals surface area contributed by atoms with E-state index in [0.29, 0.717) is 35.5 Å². The molecule has 0 aromatic heterocycles. The van der Waals surface area contributed by atoms with Gasteiger partial charge >= 0.3 is 11.9 Å². The van der Waals surface area contributed by atoms with E-state index in [4.69, 9.17) is 18.9 Å². The largest absolute Gasteiger partial charge is 0.490 e. The maximum Gasteiger partial charge on any atom is 0.333 e. The van der Waals surface area contributed by atoms with Crippen LogP contribution in [0.4, 0.5) is 4.39 Å². The second-order valence-electron chi connectivity index (χ2n) is 7.79. The molecule has 0 saturated carbocycles. The molecule has 2 rings (SSSR count). The molecule has 0 saturated heterocycles. The quantitative estimate of drug-likeness (QED) is 0.240. The minimum atomic E-state index is -0.525. The third-order valence-corrected chi connectivity index (χ3v) is 4.78. The Morgan fingerprint density at radius 3 is 1.97 bits per heavy atom. The highest BCUT2D eigenvalue weighted by Crippen LogP contribution is 2.38. The van der Waals surface area contributed by atoms with Gasteiger partial charge in [-0.15, -0.1) is 0 Å². The molecule has 188 valence electrons. The predicted octanol–water partition coefficient (Wildman–Crippen LogP) is 4.41. The van der Waals surface area contributed by atoms with Crippen LogP contribution in [0.25, 0.3) is 11.1 Å². The van der Waals surface area contributed by atoms with E-state index in [1.165, 1.54) is 6.07 Å². The number of aliphatic hydroxyl groups excluding tert-OH is 1. The summed E-state index contributed by atoms with van der Waals surface area (Å²) in [5, 5.41) is 9.31. The van der Waals surface area contributed by atoms with Crippen LogP contribution >= 0.6 is 0 Å². The Morgan fingerprint density at radius 2 is 1.43 bits per heavy atom. The van der Waals surface area contributed by atoms with Gasteiger partial charge in [-0.2, -0.15) is 0 Å². The van der Waals surface area contributed by atoms with Crippen molar-refractivity contribution in [3.63, 3.8) is 0 Å². The molecule has 0 aliphatic carbocycles. The van der Waals surface area contributed by atoms with E-state index < -0.39 is 17.8 Å². The molecular weight excluding hydrogens is 455 g/mol. The number of ether oxygens (including phenoxy) is 4. The molecule has 0 atom stereocenters. The van der Waals surface area contributed by atoms with Crippen LogP contribution < -0.4 is 9.47 Å². The zero-order valence-electron chi connectivity index (χ0n) is 20.1. The summed E-state index contributed by atoms with van der Waals surface area (Å²) in [7, 11) is 0. The van der Waals surface area contributed by atoms with Crippen LogP contribution in [0.15, 0.2) is 60.7 Å². The van der Waals surface area contributed by atoms with Gasteiger partial charge in [0.05, 0.1) is 0 Å². The second kappa shape index (κ2) is 13.9. The van der Waals surface area contributed by atoms with Crippen LogP contribution in [0.1, 0.15) is 25.8 Å². The molecule has 0 spiro atoms. The lowest BCUT2D eigenvalue weighted by Crippen LogP contribution is -2.14. The minimum Gasteiger partial charge on any atom is -0.490 e. The van der Waals surface area contributed by atoms with Gasteiger partial charge < -0.3 is 24.1 Å². The second-order valence-corrected chi connectivity index (χ2v) is 7.79. The third-order valence-electron chi connectivity index (χ3n) is 4.78. The Balaban J connectivity index is 2.31. The Morgan fingerprint density at radius 1 is 0.857 bits per heavy atom. The van der Waals surface area contributed by atoms with Crippen molar-refractivity contribution in [2.45, 2.75) is 26.7 Å². The number of aliphatic hydroxyl groups is 1. The van der Waals surface area contributed by atoms with Crippen molar-refractivity contribution in [1.29, 1.82) is 0 Å². The molecule has 7 nitrogen and oxygen atoms in total. The smallest absolute Gasteiger partial charge is 0.333 e. The highest BCUT2D eigenvalue weighted by atomic mass is 19.1. The van der Waals surface area contributed by atoms with Gasteiger partial charge in [-0.3, -0.25) is 0 Å². The summed E-state index contributed by atoms with van der Waals surface area (Å²) in [6.07, 6.45) is 0.936. The van der Waals surface area contributed by atoms with Gasteiger partial charge in [-0.1, -0.05) is 31.4 Å². The number of esters is 2. The van der Waals surface area contributed by atoms with Crippen molar-refractivity contribution in [1.82, 2.24) is 0 Å². The average molecular weight is 487 g/mol. The lowest BCUT2D eigenvalue weighted by molar-refractivity contribution is -0.140. The SMILES string of the molecule is C=C(C)C(=O)OCCOc1cc(-c2ccccc2F)c(OCCOC(=O)C(=C)C)cc1CCCO. The minimum absolute atomic E-state index is 0.00645. The maximum atomic E-state index is 14.7. The van der Waals surface area contributed by atoms with E-state index in [-0.39, 0.29) is 44.2 Å². The number of carbonyl (C=O) groups is 2. The lowest BCUT2D eigenvalue weighted by Gasteiger charge is -2.18. The summed E-state index contributed by atoms with van der Waals surface area (Å²) < 4.78 is 36.5. The first-order chi connectivity index (χ1) is 16.7. The zero-order chi connectivity index (χ0) is 25.8. The molecule has 2 aromatic rings. The molecule has 35 heavy (non-hydrogen) atoms. The van der Waals surface area contributed by atoms with E-state index in [1.54, 1.807) is 44.2 Å². The van der Waals surface area contributed by atoms with Crippen LogP contribution in [-0.4, -0.2) is 50.1 Å². The Hall–Kier alpha value is -3.65. The summed E-state index contributed by atoms with van der Waals surface area (Å²) in [6.45, 7) is 10.2. The van der Waals surface area contributed by atoms with Crippen LogP contribution in [0.5, 0.6) is 11.5 Å². The van der Waals surface area contributed by atoms with Crippen LogP contribution in [0, 0.1) is 5.82 Å². The van der Waals surface area contributed by atoms with Gasteiger partial charge in [0.25, 0.3) is 0 Å². The van der Waals surface area contributed by atoms with Crippen LogP contribution in [0.2, 0.25) is 0 Å². The van der Waals surface area contributed by atoms with E-state index in [1.807, 2.05) is 0 Å². The Bertz CT molecular complexity index is 1060. The van der Waals surface area contributed by atoms with Crippen LogP contribution in [-0.2, 0) is 25.5 Å². The molecule has 0 aliphatic heterocycles. The van der Waals surface area contributed by atoms with Gasteiger partial charge in [0.2, 0.25) is 0 Å². The number of benzene rings is 2. The predicted molar refractivity (Wildman–Crippen MR) is 130 cm³/mol. The standard InChI is InChI=1S/C27H31FO7/c1-18(2)26(30)34-14-12-32-24-17-22(21-9-5-6-10-23(21)28)25(16-20(24)8-7-11-29)33-13-15-35-27(31)19(3)4/h5-6,9-10,16-17,29H,1,3,7-8,11-15H2,2,4H3. The normalized spacial score (nSPS) is 10.4. The highest BCUT2D eigenvalue weighted by Gasteiger charge is 2.17. The van der Waals surface area contributed by atoms with Gasteiger partial charge in [-0.25, -0.2) is 14.0 Å². The van der Waals surface area contributed by atoms with E-state index in [9.17, 15) is 19.1 Å². The maximum absolute atomic E-state index is 14.7. The van der Waals surface area contributed by atoms with Crippen molar-refractivity contribution >= 4 is 11.9 Å². The molecule has 0 unspecified atom stereocenters. The van der Waals surface area contributed by atoms with Gasteiger partial charge in [0, 0.05) is 28.9 Å². The highest BCUT2D eigenvalue weighted by molar-refractivity contribution is 5.87. The number of carbonyl (C=O) groups excluding carboxylic acids is 2.